The van der Waals surface area contributed by atoms with Crippen LogP contribution >= 0.6 is 0 Å². The zero-order valence-corrected chi connectivity index (χ0v) is 8.10. The maximum atomic E-state index is 10.6. The Morgan fingerprint density at radius 3 is 2.93 bits per heavy atom. The quantitative estimate of drug-likeness (QED) is 0.707. The van der Waals surface area contributed by atoms with Crippen LogP contribution in [0.15, 0.2) is 10.9 Å². The van der Waals surface area contributed by atoms with Crippen LogP contribution in [-0.2, 0) is 11.3 Å². The fourth-order valence-corrected chi connectivity index (χ4v) is 0.913. The molecule has 1 rings (SSSR count). The van der Waals surface area contributed by atoms with Crippen molar-refractivity contribution >= 4 is 5.97 Å². The SMILES string of the molecule is CC(NCc1ncon1)C(C)C(=O)O. The Hall–Kier alpha value is -1.43. The van der Waals surface area contributed by atoms with Crippen molar-refractivity contribution in [1.29, 1.82) is 0 Å². The van der Waals surface area contributed by atoms with E-state index in [0.717, 1.165) is 0 Å². The Morgan fingerprint density at radius 1 is 1.71 bits per heavy atom. The minimum Gasteiger partial charge on any atom is -0.481 e. The largest absolute Gasteiger partial charge is 0.481 e. The summed E-state index contributed by atoms with van der Waals surface area (Å²) in [5.41, 5.74) is 0. The number of carbonyl (C=O) groups is 1. The van der Waals surface area contributed by atoms with E-state index in [1.807, 2.05) is 0 Å². The molecule has 0 radical (unpaired) electrons. The van der Waals surface area contributed by atoms with E-state index in [1.54, 1.807) is 13.8 Å². The zero-order chi connectivity index (χ0) is 10.6. The first-order valence-electron chi connectivity index (χ1n) is 4.32. The van der Waals surface area contributed by atoms with Gasteiger partial charge in [0, 0.05) is 6.04 Å². The van der Waals surface area contributed by atoms with Gasteiger partial charge in [0.2, 0.25) is 6.39 Å². The molecule has 2 atom stereocenters. The van der Waals surface area contributed by atoms with E-state index in [-0.39, 0.29) is 6.04 Å². The van der Waals surface area contributed by atoms with Crippen LogP contribution < -0.4 is 5.32 Å². The lowest BCUT2D eigenvalue weighted by Crippen LogP contribution is -2.35. The Labute approximate surface area is 81.3 Å². The van der Waals surface area contributed by atoms with E-state index in [0.29, 0.717) is 12.4 Å². The van der Waals surface area contributed by atoms with Crippen LogP contribution in [0.2, 0.25) is 0 Å². The minimum atomic E-state index is -0.821. The van der Waals surface area contributed by atoms with Crippen LogP contribution in [0, 0.1) is 5.92 Å². The molecule has 6 heteroatoms. The first-order valence-corrected chi connectivity index (χ1v) is 4.32. The Morgan fingerprint density at radius 2 is 2.43 bits per heavy atom. The van der Waals surface area contributed by atoms with Crippen molar-refractivity contribution in [2.75, 3.05) is 0 Å². The van der Waals surface area contributed by atoms with Crippen LogP contribution in [0.4, 0.5) is 0 Å². The monoisotopic (exact) mass is 199 g/mol. The predicted molar refractivity (Wildman–Crippen MR) is 47.4 cm³/mol. The van der Waals surface area contributed by atoms with Crippen molar-refractivity contribution in [3.05, 3.63) is 12.2 Å². The first-order chi connectivity index (χ1) is 6.61. The second-order valence-corrected chi connectivity index (χ2v) is 3.14. The summed E-state index contributed by atoms with van der Waals surface area (Å²) in [5, 5.41) is 15.3. The molecule has 0 bridgehead atoms. The van der Waals surface area contributed by atoms with Crippen LogP contribution in [-0.4, -0.2) is 27.3 Å². The van der Waals surface area contributed by atoms with E-state index >= 15 is 0 Å². The summed E-state index contributed by atoms with van der Waals surface area (Å²) in [4.78, 5) is 14.4. The first kappa shape index (κ1) is 10.6. The van der Waals surface area contributed by atoms with Gasteiger partial charge in [-0.25, -0.2) is 0 Å². The van der Waals surface area contributed by atoms with Crippen molar-refractivity contribution in [1.82, 2.24) is 15.5 Å². The Bertz CT molecular complexity index is 286. The molecule has 0 amide bonds. The molecule has 1 aromatic heterocycles. The average Bonchev–Trinajstić information content (AvgIpc) is 2.65. The van der Waals surface area contributed by atoms with Crippen LogP contribution in [0.3, 0.4) is 0 Å². The third kappa shape index (κ3) is 2.81. The molecule has 1 heterocycles. The number of rotatable bonds is 5. The van der Waals surface area contributed by atoms with Crippen molar-refractivity contribution in [3.8, 4) is 0 Å². The maximum Gasteiger partial charge on any atom is 0.307 e. The zero-order valence-electron chi connectivity index (χ0n) is 8.10. The third-order valence-electron chi connectivity index (χ3n) is 2.13. The molecule has 0 saturated carbocycles. The number of carboxylic acid groups (broad SMARTS) is 1. The molecule has 0 aromatic carbocycles. The lowest BCUT2D eigenvalue weighted by Gasteiger charge is -2.16. The van der Waals surface area contributed by atoms with E-state index in [2.05, 4.69) is 20.0 Å². The summed E-state index contributed by atoms with van der Waals surface area (Å²) >= 11 is 0. The molecular weight excluding hydrogens is 186 g/mol. The van der Waals surface area contributed by atoms with Gasteiger partial charge in [-0.15, -0.1) is 0 Å². The smallest absolute Gasteiger partial charge is 0.307 e. The predicted octanol–water partition coefficient (Wildman–Crippen LogP) is 0.268. The molecule has 1 aromatic rings. The molecule has 0 fully saturated rings. The number of carboxylic acids is 1. The highest BCUT2D eigenvalue weighted by Gasteiger charge is 2.18. The number of nitrogens with one attached hydrogen (secondary N) is 1. The summed E-state index contributed by atoms with van der Waals surface area (Å²) in [6, 6.07) is -0.133. The molecule has 0 aliphatic heterocycles. The van der Waals surface area contributed by atoms with Gasteiger partial charge < -0.3 is 14.9 Å². The highest BCUT2D eigenvalue weighted by Crippen LogP contribution is 2.02. The lowest BCUT2D eigenvalue weighted by atomic mass is 10.0. The standard InChI is InChI=1S/C8H13N3O3/c1-5(8(12)13)6(2)9-3-7-10-4-14-11-7/h4-6,9H,3H2,1-2H3,(H,12,13). The van der Waals surface area contributed by atoms with Gasteiger partial charge in [-0.05, 0) is 6.92 Å². The highest BCUT2D eigenvalue weighted by molar-refractivity contribution is 5.70. The van der Waals surface area contributed by atoms with Gasteiger partial charge in [0.15, 0.2) is 5.82 Å². The normalized spacial score (nSPS) is 15.0. The topological polar surface area (TPSA) is 88.3 Å². The number of aromatic nitrogens is 2. The second kappa shape index (κ2) is 4.71. The molecule has 2 unspecified atom stereocenters. The van der Waals surface area contributed by atoms with E-state index < -0.39 is 11.9 Å². The van der Waals surface area contributed by atoms with Crippen LogP contribution in [0.1, 0.15) is 19.7 Å². The maximum absolute atomic E-state index is 10.6. The second-order valence-electron chi connectivity index (χ2n) is 3.14. The molecule has 6 nitrogen and oxygen atoms in total. The van der Waals surface area contributed by atoms with Crippen molar-refractivity contribution < 1.29 is 14.4 Å². The minimum absolute atomic E-state index is 0.133. The van der Waals surface area contributed by atoms with E-state index in [4.69, 9.17) is 5.11 Å². The number of hydrogen-bond donors (Lipinski definition) is 2. The molecule has 0 aliphatic carbocycles. The summed E-state index contributed by atoms with van der Waals surface area (Å²) in [5.74, 6) is -0.741. The van der Waals surface area contributed by atoms with Gasteiger partial charge >= 0.3 is 5.97 Å². The van der Waals surface area contributed by atoms with Gasteiger partial charge in [0.25, 0.3) is 0 Å². The molecule has 2 N–H and O–H groups in total. The molecule has 0 spiro atoms. The number of aliphatic carboxylic acids is 1. The molecule has 0 aliphatic rings. The van der Waals surface area contributed by atoms with Crippen LogP contribution in [0.5, 0.6) is 0 Å². The fourth-order valence-electron chi connectivity index (χ4n) is 0.913. The van der Waals surface area contributed by atoms with Crippen molar-refractivity contribution in [2.45, 2.75) is 26.4 Å². The number of nitrogens with zero attached hydrogens (tertiary/aromatic N) is 2. The average molecular weight is 199 g/mol. The lowest BCUT2D eigenvalue weighted by molar-refractivity contribution is -0.141. The summed E-state index contributed by atoms with van der Waals surface area (Å²) in [6.07, 6.45) is 1.24. The van der Waals surface area contributed by atoms with Crippen molar-refractivity contribution in [2.24, 2.45) is 5.92 Å². The molecule has 78 valence electrons. The van der Waals surface area contributed by atoms with Gasteiger partial charge in [0.1, 0.15) is 0 Å². The van der Waals surface area contributed by atoms with Gasteiger partial charge in [-0.2, -0.15) is 4.98 Å². The van der Waals surface area contributed by atoms with E-state index in [1.165, 1.54) is 6.39 Å². The summed E-state index contributed by atoms with van der Waals surface area (Å²) in [6.45, 7) is 3.87. The molecule has 14 heavy (non-hydrogen) atoms. The molecular formula is C8H13N3O3. The van der Waals surface area contributed by atoms with Crippen molar-refractivity contribution in [3.63, 3.8) is 0 Å². The molecule has 0 saturated heterocycles. The van der Waals surface area contributed by atoms with Gasteiger partial charge in [0.05, 0.1) is 12.5 Å². The van der Waals surface area contributed by atoms with Gasteiger partial charge in [-0.3, -0.25) is 4.79 Å². The summed E-state index contributed by atoms with van der Waals surface area (Å²) in [7, 11) is 0. The number of hydrogen-bond acceptors (Lipinski definition) is 5. The fraction of sp³-hybridized carbons (Fsp3) is 0.625. The highest BCUT2D eigenvalue weighted by atomic mass is 16.5. The Balaban J connectivity index is 2.34. The summed E-state index contributed by atoms with van der Waals surface area (Å²) < 4.78 is 4.54. The van der Waals surface area contributed by atoms with E-state index in [9.17, 15) is 4.79 Å². The third-order valence-corrected chi connectivity index (χ3v) is 2.13. The Kier molecular flexibility index (Phi) is 3.58. The van der Waals surface area contributed by atoms with Gasteiger partial charge in [-0.1, -0.05) is 12.1 Å². The van der Waals surface area contributed by atoms with Crippen LogP contribution in [0.25, 0.3) is 0 Å².